The van der Waals surface area contributed by atoms with E-state index in [9.17, 15) is 0 Å². The van der Waals surface area contributed by atoms with Crippen molar-refractivity contribution in [1.82, 2.24) is 10.2 Å². The van der Waals surface area contributed by atoms with Gasteiger partial charge in [0.15, 0.2) is 0 Å². The van der Waals surface area contributed by atoms with Crippen molar-refractivity contribution in [2.24, 2.45) is 0 Å². The zero-order valence-corrected chi connectivity index (χ0v) is 7.22. The Morgan fingerprint density at radius 3 is 2.50 bits per heavy atom. The molecule has 0 radical (unpaired) electrons. The molecule has 1 N–H and O–H groups in total. The summed E-state index contributed by atoms with van der Waals surface area (Å²) in [6.45, 7) is 3.44. The van der Waals surface area contributed by atoms with Crippen LogP contribution in [0.3, 0.4) is 0 Å². The standard InChI is InChI=1S/C8H18N2/c1-7-4-5-8(9-7)6-10(2)3/h7-9H,4-6H2,1-3H3/t7-,8-/m1/s1. The molecule has 1 heterocycles. The predicted molar refractivity (Wildman–Crippen MR) is 44.2 cm³/mol. The number of likely N-dealkylation sites (N-methyl/N-ethyl adjacent to an activating group) is 1. The number of rotatable bonds is 2. The summed E-state index contributed by atoms with van der Waals surface area (Å²) in [5.74, 6) is 0. The summed E-state index contributed by atoms with van der Waals surface area (Å²) in [5, 5.41) is 3.54. The Kier molecular flexibility index (Phi) is 2.69. The maximum absolute atomic E-state index is 3.54. The van der Waals surface area contributed by atoms with E-state index >= 15 is 0 Å². The zero-order valence-electron chi connectivity index (χ0n) is 7.22. The Bertz CT molecular complexity index is 101. The minimum absolute atomic E-state index is 0.741. The molecule has 0 spiro atoms. The molecule has 2 nitrogen and oxygen atoms in total. The average molecular weight is 142 g/mol. The third kappa shape index (κ3) is 2.27. The van der Waals surface area contributed by atoms with Crippen LogP contribution in [0.2, 0.25) is 0 Å². The molecule has 0 aromatic heterocycles. The molecule has 1 aliphatic heterocycles. The van der Waals surface area contributed by atoms with Crippen LogP contribution >= 0.6 is 0 Å². The van der Waals surface area contributed by atoms with Crippen LogP contribution in [0.15, 0.2) is 0 Å². The Balaban J connectivity index is 2.18. The first-order valence-electron chi connectivity index (χ1n) is 4.09. The van der Waals surface area contributed by atoms with Crippen LogP contribution in [0.5, 0.6) is 0 Å². The topological polar surface area (TPSA) is 15.3 Å². The lowest BCUT2D eigenvalue weighted by Gasteiger charge is -2.16. The number of hydrogen-bond donors (Lipinski definition) is 1. The molecule has 1 saturated heterocycles. The summed E-state index contributed by atoms with van der Waals surface area (Å²) in [5.41, 5.74) is 0. The van der Waals surface area contributed by atoms with Gasteiger partial charge in [0.2, 0.25) is 0 Å². The normalized spacial score (nSPS) is 33.6. The Morgan fingerprint density at radius 1 is 1.40 bits per heavy atom. The quantitative estimate of drug-likeness (QED) is 0.610. The van der Waals surface area contributed by atoms with E-state index in [0.717, 1.165) is 12.1 Å². The van der Waals surface area contributed by atoms with Crippen LogP contribution in [0.25, 0.3) is 0 Å². The molecule has 0 aromatic rings. The van der Waals surface area contributed by atoms with E-state index in [1.165, 1.54) is 19.4 Å². The molecule has 60 valence electrons. The average Bonchev–Trinajstić information content (AvgIpc) is 2.13. The highest BCUT2D eigenvalue weighted by Gasteiger charge is 2.19. The van der Waals surface area contributed by atoms with Crippen LogP contribution in [0.4, 0.5) is 0 Å². The highest BCUT2D eigenvalue weighted by molar-refractivity contribution is 4.81. The summed E-state index contributed by atoms with van der Waals surface area (Å²) in [4.78, 5) is 2.25. The van der Waals surface area contributed by atoms with E-state index in [4.69, 9.17) is 0 Å². The van der Waals surface area contributed by atoms with E-state index in [-0.39, 0.29) is 0 Å². The molecule has 2 atom stereocenters. The predicted octanol–water partition coefficient (Wildman–Crippen LogP) is 0.688. The van der Waals surface area contributed by atoms with Crippen molar-refractivity contribution in [3.63, 3.8) is 0 Å². The van der Waals surface area contributed by atoms with Gasteiger partial charge in [0.1, 0.15) is 0 Å². The highest BCUT2D eigenvalue weighted by atomic mass is 15.1. The van der Waals surface area contributed by atoms with Crippen LogP contribution in [-0.4, -0.2) is 37.6 Å². The van der Waals surface area contributed by atoms with Gasteiger partial charge in [-0.15, -0.1) is 0 Å². The third-order valence-electron chi connectivity index (χ3n) is 2.05. The SMILES string of the molecule is C[C@@H]1CC[C@H](CN(C)C)N1. The Hall–Kier alpha value is -0.0800. The summed E-state index contributed by atoms with van der Waals surface area (Å²) < 4.78 is 0. The molecule has 0 saturated carbocycles. The molecule has 0 unspecified atom stereocenters. The van der Waals surface area contributed by atoms with E-state index < -0.39 is 0 Å². The van der Waals surface area contributed by atoms with E-state index in [1.54, 1.807) is 0 Å². The first-order valence-corrected chi connectivity index (χ1v) is 4.09. The van der Waals surface area contributed by atoms with Gasteiger partial charge >= 0.3 is 0 Å². The van der Waals surface area contributed by atoms with Gasteiger partial charge in [0.25, 0.3) is 0 Å². The van der Waals surface area contributed by atoms with Crippen molar-refractivity contribution in [3.8, 4) is 0 Å². The zero-order chi connectivity index (χ0) is 7.56. The molecular weight excluding hydrogens is 124 g/mol. The van der Waals surface area contributed by atoms with Crippen molar-refractivity contribution < 1.29 is 0 Å². The molecule has 10 heavy (non-hydrogen) atoms. The second-order valence-corrected chi connectivity index (χ2v) is 3.60. The Morgan fingerprint density at radius 2 is 2.10 bits per heavy atom. The molecule has 0 bridgehead atoms. The largest absolute Gasteiger partial charge is 0.310 e. The summed E-state index contributed by atoms with van der Waals surface area (Å²) in [7, 11) is 4.26. The van der Waals surface area contributed by atoms with E-state index in [1.807, 2.05) is 0 Å². The van der Waals surface area contributed by atoms with Gasteiger partial charge in [-0.2, -0.15) is 0 Å². The van der Waals surface area contributed by atoms with Crippen LogP contribution in [-0.2, 0) is 0 Å². The van der Waals surface area contributed by atoms with Gasteiger partial charge in [-0.1, -0.05) is 0 Å². The first kappa shape index (κ1) is 8.02. The molecule has 1 aliphatic rings. The number of hydrogen-bond acceptors (Lipinski definition) is 2. The molecule has 0 amide bonds. The van der Waals surface area contributed by atoms with Gasteiger partial charge in [-0.3, -0.25) is 0 Å². The van der Waals surface area contributed by atoms with Crippen molar-refractivity contribution in [2.45, 2.75) is 31.8 Å². The fourth-order valence-electron chi connectivity index (χ4n) is 1.60. The summed E-state index contributed by atoms with van der Waals surface area (Å²) >= 11 is 0. The maximum Gasteiger partial charge on any atom is 0.0197 e. The van der Waals surface area contributed by atoms with Gasteiger partial charge in [-0.25, -0.2) is 0 Å². The first-order chi connectivity index (χ1) is 4.68. The highest BCUT2D eigenvalue weighted by Crippen LogP contribution is 2.11. The van der Waals surface area contributed by atoms with Gasteiger partial charge in [0, 0.05) is 18.6 Å². The molecule has 0 aliphatic carbocycles. The second-order valence-electron chi connectivity index (χ2n) is 3.60. The van der Waals surface area contributed by atoms with Crippen LogP contribution in [0, 0.1) is 0 Å². The molecular formula is C8H18N2. The fraction of sp³-hybridized carbons (Fsp3) is 1.00. The fourth-order valence-corrected chi connectivity index (χ4v) is 1.60. The second kappa shape index (κ2) is 3.35. The van der Waals surface area contributed by atoms with Gasteiger partial charge < -0.3 is 10.2 Å². The van der Waals surface area contributed by atoms with Crippen LogP contribution in [0.1, 0.15) is 19.8 Å². The molecule has 1 rings (SSSR count). The maximum atomic E-state index is 3.54. The monoisotopic (exact) mass is 142 g/mol. The minimum atomic E-state index is 0.741. The lowest BCUT2D eigenvalue weighted by atomic mass is 10.2. The van der Waals surface area contributed by atoms with Crippen molar-refractivity contribution >= 4 is 0 Å². The number of nitrogens with one attached hydrogen (secondary N) is 1. The lowest BCUT2D eigenvalue weighted by Crippen LogP contribution is -2.35. The molecule has 0 aromatic carbocycles. The number of nitrogens with zero attached hydrogens (tertiary/aromatic N) is 1. The van der Waals surface area contributed by atoms with E-state index in [2.05, 4.69) is 31.2 Å². The lowest BCUT2D eigenvalue weighted by molar-refractivity contribution is 0.352. The smallest absolute Gasteiger partial charge is 0.0197 e. The van der Waals surface area contributed by atoms with Crippen molar-refractivity contribution in [3.05, 3.63) is 0 Å². The van der Waals surface area contributed by atoms with Crippen LogP contribution < -0.4 is 5.32 Å². The van der Waals surface area contributed by atoms with Crippen molar-refractivity contribution in [2.75, 3.05) is 20.6 Å². The third-order valence-corrected chi connectivity index (χ3v) is 2.05. The Labute approximate surface area is 63.6 Å². The van der Waals surface area contributed by atoms with Gasteiger partial charge in [-0.05, 0) is 33.9 Å². The molecule has 2 heteroatoms. The van der Waals surface area contributed by atoms with Crippen molar-refractivity contribution in [1.29, 1.82) is 0 Å². The summed E-state index contributed by atoms with van der Waals surface area (Å²) in [6.07, 6.45) is 2.69. The van der Waals surface area contributed by atoms with Gasteiger partial charge in [0.05, 0.1) is 0 Å². The summed E-state index contributed by atoms with van der Waals surface area (Å²) in [6, 6.07) is 1.48. The molecule has 1 fully saturated rings. The van der Waals surface area contributed by atoms with E-state index in [0.29, 0.717) is 0 Å². The minimum Gasteiger partial charge on any atom is -0.310 e.